The zero-order chi connectivity index (χ0) is 13.7. The van der Waals surface area contributed by atoms with Crippen LogP contribution in [0.15, 0.2) is 24.3 Å². The molecule has 0 saturated carbocycles. The summed E-state index contributed by atoms with van der Waals surface area (Å²) in [6, 6.07) is 3.13. The number of hydrogen-bond donors (Lipinski definition) is 2. The minimum Gasteiger partial charge on any atom is -0.480 e. The van der Waals surface area contributed by atoms with Crippen molar-refractivity contribution in [2.45, 2.75) is 13.0 Å². The molecule has 1 aromatic carbocycles. The Morgan fingerprint density at radius 1 is 1.50 bits per heavy atom. The van der Waals surface area contributed by atoms with Crippen molar-refractivity contribution in [2.75, 3.05) is 0 Å². The molecule has 0 aliphatic carbocycles. The summed E-state index contributed by atoms with van der Waals surface area (Å²) in [5, 5.41) is 11.0. The molecule has 2 N–H and O–H groups in total. The molecule has 1 rings (SSSR count). The monoisotopic (exact) mass is 271 g/mol. The van der Waals surface area contributed by atoms with Crippen LogP contribution in [0.5, 0.6) is 0 Å². The van der Waals surface area contributed by atoms with E-state index in [9.17, 15) is 14.0 Å². The zero-order valence-corrected chi connectivity index (χ0v) is 10.2. The third-order valence-electron chi connectivity index (χ3n) is 2.13. The van der Waals surface area contributed by atoms with Gasteiger partial charge in [-0.05, 0) is 25.1 Å². The maximum atomic E-state index is 13.3. The van der Waals surface area contributed by atoms with Crippen LogP contribution in [0.2, 0.25) is 5.02 Å². The summed E-state index contributed by atoms with van der Waals surface area (Å²) < 4.78 is 13.3. The second kappa shape index (κ2) is 6.16. The van der Waals surface area contributed by atoms with Gasteiger partial charge >= 0.3 is 5.97 Å². The molecule has 18 heavy (non-hydrogen) atoms. The predicted molar refractivity (Wildman–Crippen MR) is 65.7 cm³/mol. The molecular formula is C12H11ClFNO3. The Balaban J connectivity index is 2.75. The minimum atomic E-state index is -1.15. The maximum absolute atomic E-state index is 13.3. The SMILES string of the molecule is CC(NC(=O)/C=C/c1c(F)cccc1Cl)C(=O)O. The standard InChI is InChI=1S/C12H11ClFNO3/c1-7(12(17)18)15-11(16)6-5-8-9(13)3-2-4-10(8)14/h2-7H,1H3,(H,15,16)(H,17,18)/b6-5+. The lowest BCUT2D eigenvalue weighted by Gasteiger charge is -2.06. The summed E-state index contributed by atoms with van der Waals surface area (Å²) in [5.74, 6) is -2.34. The van der Waals surface area contributed by atoms with Crippen LogP contribution in [-0.2, 0) is 9.59 Å². The fourth-order valence-corrected chi connectivity index (χ4v) is 1.38. The molecule has 0 heterocycles. The van der Waals surface area contributed by atoms with E-state index < -0.39 is 23.7 Å². The number of nitrogens with one attached hydrogen (secondary N) is 1. The Kier molecular flexibility index (Phi) is 4.85. The summed E-state index contributed by atoms with van der Waals surface area (Å²) in [6.07, 6.45) is 2.23. The van der Waals surface area contributed by atoms with Gasteiger partial charge in [0, 0.05) is 11.6 Å². The quantitative estimate of drug-likeness (QED) is 0.824. The van der Waals surface area contributed by atoms with Crippen LogP contribution in [0.4, 0.5) is 4.39 Å². The van der Waals surface area contributed by atoms with Crippen molar-refractivity contribution < 1.29 is 19.1 Å². The van der Waals surface area contributed by atoms with Gasteiger partial charge in [-0.25, -0.2) is 4.39 Å². The first kappa shape index (κ1) is 14.2. The van der Waals surface area contributed by atoms with Crippen LogP contribution in [0.25, 0.3) is 6.08 Å². The summed E-state index contributed by atoms with van der Waals surface area (Å²) in [5.41, 5.74) is 0.0808. The van der Waals surface area contributed by atoms with E-state index in [-0.39, 0.29) is 10.6 Å². The average Bonchev–Trinajstić information content (AvgIpc) is 2.28. The van der Waals surface area contributed by atoms with E-state index in [4.69, 9.17) is 16.7 Å². The Bertz CT molecular complexity index is 482. The molecule has 0 aliphatic rings. The Labute approximate surface area is 108 Å². The molecular weight excluding hydrogens is 261 g/mol. The molecule has 0 radical (unpaired) electrons. The van der Waals surface area contributed by atoms with Crippen molar-refractivity contribution >= 4 is 29.6 Å². The highest BCUT2D eigenvalue weighted by Crippen LogP contribution is 2.20. The highest BCUT2D eigenvalue weighted by molar-refractivity contribution is 6.32. The Hall–Kier alpha value is -1.88. The van der Waals surface area contributed by atoms with E-state index in [0.717, 1.165) is 6.08 Å². The maximum Gasteiger partial charge on any atom is 0.325 e. The van der Waals surface area contributed by atoms with Gasteiger partial charge in [0.1, 0.15) is 11.9 Å². The van der Waals surface area contributed by atoms with Crippen LogP contribution in [0.1, 0.15) is 12.5 Å². The zero-order valence-electron chi connectivity index (χ0n) is 9.48. The summed E-state index contributed by atoms with van der Waals surface area (Å²) in [6.45, 7) is 1.32. The van der Waals surface area contributed by atoms with Crippen molar-refractivity contribution in [1.82, 2.24) is 5.32 Å². The molecule has 0 saturated heterocycles. The van der Waals surface area contributed by atoms with Gasteiger partial charge in [-0.3, -0.25) is 9.59 Å². The number of halogens is 2. The van der Waals surface area contributed by atoms with Gasteiger partial charge in [0.25, 0.3) is 0 Å². The number of amides is 1. The fraction of sp³-hybridized carbons (Fsp3) is 0.167. The molecule has 1 atom stereocenters. The fourth-order valence-electron chi connectivity index (χ4n) is 1.15. The van der Waals surface area contributed by atoms with Gasteiger partial charge in [0.05, 0.1) is 5.02 Å². The highest BCUT2D eigenvalue weighted by Gasteiger charge is 2.12. The third-order valence-corrected chi connectivity index (χ3v) is 2.46. The number of carboxylic acid groups (broad SMARTS) is 1. The lowest BCUT2D eigenvalue weighted by atomic mass is 10.2. The summed E-state index contributed by atoms with van der Waals surface area (Å²) in [7, 11) is 0. The second-order valence-corrected chi connectivity index (χ2v) is 3.94. The van der Waals surface area contributed by atoms with E-state index in [1.807, 2.05) is 0 Å². The van der Waals surface area contributed by atoms with Crippen molar-refractivity contribution in [3.05, 3.63) is 40.7 Å². The lowest BCUT2D eigenvalue weighted by molar-refractivity contribution is -0.140. The predicted octanol–water partition coefficient (Wildman–Crippen LogP) is 2.08. The molecule has 0 bridgehead atoms. The number of aliphatic carboxylic acids is 1. The van der Waals surface area contributed by atoms with Gasteiger partial charge < -0.3 is 10.4 Å². The van der Waals surface area contributed by atoms with Crippen molar-refractivity contribution in [1.29, 1.82) is 0 Å². The third kappa shape index (κ3) is 3.85. The smallest absolute Gasteiger partial charge is 0.325 e. The number of rotatable bonds is 4. The highest BCUT2D eigenvalue weighted by atomic mass is 35.5. The normalized spacial score (nSPS) is 12.4. The molecule has 1 amide bonds. The van der Waals surface area contributed by atoms with E-state index >= 15 is 0 Å². The number of hydrogen-bond acceptors (Lipinski definition) is 2. The average molecular weight is 272 g/mol. The van der Waals surface area contributed by atoms with Gasteiger partial charge in [-0.1, -0.05) is 17.7 Å². The molecule has 1 unspecified atom stereocenters. The van der Waals surface area contributed by atoms with E-state index in [2.05, 4.69) is 5.32 Å². The van der Waals surface area contributed by atoms with Crippen LogP contribution in [0, 0.1) is 5.82 Å². The van der Waals surface area contributed by atoms with Crippen LogP contribution >= 0.6 is 11.6 Å². The lowest BCUT2D eigenvalue weighted by Crippen LogP contribution is -2.37. The first-order valence-electron chi connectivity index (χ1n) is 5.07. The minimum absolute atomic E-state index is 0.0808. The van der Waals surface area contributed by atoms with Crippen molar-refractivity contribution in [3.8, 4) is 0 Å². The second-order valence-electron chi connectivity index (χ2n) is 3.54. The van der Waals surface area contributed by atoms with Gasteiger partial charge in [0.2, 0.25) is 5.91 Å². The molecule has 96 valence electrons. The largest absolute Gasteiger partial charge is 0.480 e. The molecule has 0 fully saturated rings. The Morgan fingerprint density at radius 2 is 2.17 bits per heavy atom. The van der Waals surface area contributed by atoms with Gasteiger partial charge in [0.15, 0.2) is 0 Å². The topological polar surface area (TPSA) is 66.4 Å². The molecule has 4 nitrogen and oxygen atoms in total. The summed E-state index contributed by atoms with van der Waals surface area (Å²) >= 11 is 5.75. The Morgan fingerprint density at radius 3 is 2.72 bits per heavy atom. The summed E-state index contributed by atoms with van der Waals surface area (Å²) in [4.78, 5) is 21.8. The van der Waals surface area contributed by atoms with Gasteiger partial charge in [-0.2, -0.15) is 0 Å². The van der Waals surface area contributed by atoms with E-state index in [1.165, 1.54) is 31.2 Å². The van der Waals surface area contributed by atoms with E-state index in [0.29, 0.717) is 0 Å². The van der Waals surface area contributed by atoms with Crippen LogP contribution in [-0.4, -0.2) is 23.0 Å². The number of carbonyl (C=O) groups excluding carboxylic acids is 1. The van der Waals surface area contributed by atoms with Crippen molar-refractivity contribution in [3.63, 3.8) is 0 Å². The molecule has 1 aromatic rings. The van der Waals surface area contributed by atoms with Crippen LogP contribution in [0.3, 0.4) is 0 Å². The molecule has 0 spiro atoms. The number of carbonyl (C=O) groups is 2. The van der Waals surface area contributed by atoms with E-state index in [1.54, 1.807) is 0 Å². The van der Waals surface area contributed by atoms with Crippen molar-refractivity contribution in [2.24, 2.45) is 0 Å². The van der Waals surface area contributed by atoms with Crippen LogP contribution < -0.4 is 5.32 Å². The first-order valence-corrected chi connectivity index (χ1v) is 5.45. The number of carboxylic acids is 1. The first-order chi connectivity index (χ1) is 8.41. The van der Waals surface area contributed by atoms with Gasteiger partial charge in [-0.15, -0.1) is 0 Å². The number of benzene rings is 1. The molecule has 6 heteroatoms. The molecule has 0 aromatic heterocycles. The molecule has 0 aliphatic heterocycles.